The third-order valence-electron chi connectivity index (χ3n) is 4.95. The minimum Gasteiger partial charge on any atom is -0.497 e. The lowest BCUT2D eigenvalue weighted by Gasteiger charge is -2.16. The van der Waals surface area contributed by atoms with Crippen molar-refractivity contribution in [1.29, 1.82) is 0 Å². The molecule has 0 radical (unpaired) electrons. The van der Waals surface area contributed by atoms with Gasteiger partial charge in [-0.3, -0.25) is 4.79 Å². The fourth-order valence-corrected chi connectivity index (χ4v) is 3.33. The third kappa shape index (κ3) is 2.44. The van der Waals surface area contributed by atoms with Crippen molar-refractivity contribution in [3.63, 3.8) is 0 Å². The highest BCUT2D eigenvalue weighted by Gasteiger charge is 2.51. The zero-order chi connectivity index (χ0) is 16.6. The van der Waals surface area contributed by atoms with Crippen LogP contribution in [0.15, 0.2) is 54.7 Å². The Morgan fingerprint density at radius 3 is 2.67 bits per heavy atom. The normalized spacial score (nSPS) is 15.2. The number of fused-ring (bicyclic) bond motifs is 1. The van der Waals surface area contributed by atoms with E-state index in [1.54, 1.807) is 7.11 Å². The zero-order valence-corrected chi connectivity index (χ0v) is 13.6. The lowest BCUT2D eigenvalue weighted by atomic mass is 9.94. The Kier molecular flexibility index (Phi) is 3.53. The van der Waals surface area contributed by atoms with Gasteiger partial charge in [0, 0.05) is 23.6 Å². The summed E-state index contributed by atoms with van der Waals surface area (Å²) in [4.78, 5) is 16.0. The van der Waals surface area contributed by atoms with Crippen molar-refractivity contribution in [2.45, 2.75) is 24.8 Å². The van der Waals surface area contributed by atoms with Crippen LogP contribution in [0.5, 0.6) is 5.75 Å². The standard InChI is InChI=1S/C20H20N2O2/c1-24-16-7-5-15(6-8-16)20(10-11-20)19(23)22-13-14-3-2-4-18-17(14)9-12-21-18/h2-9,12,21H,10-11,13H2,1H3,(H,22,23). The number of hydrogen-bond acceptors (Lipinski definition) is 2. The van der Waals surface area contributed by atoms with Gasteiger partial charge in [0.05, 0.1) is 12.5 Å². The molecule has 1 aromatic heterocycles. The Hall–Kier alpha value is -2.75. The van der Waals surface area contributed by atoms with Gasteiger partial charge >= 0.3 is 0 Å². The molecule has 0 atom stereocenters. The Labute approximate surface area is 140 Å². The van der Waals surface area contributed by atoms with Gasteiger partial charge in [0.15, 0.2) is 0 Å². The van der Waals surface area contributed by atoms with Crippen LogP contribution in [0.25, 0.3) is 10.9 Å². The molecule has 1 saturated carbocycles. The van der Waals surface area contributed by atoms with E-state index < -0.39 is 0 Å². The Balaban J connectivity index is 1.50. The first kappa shape index (κ1) is 14.8. The Morgan fingerprint density at radius 1 is 1.17 bits per heavy atom. The Bertz CT molecular complexity index is 876. The number of aromatic nitrogens is 1. The van der Waals surface area contributed by atoms with Crippen molar-refractivity contribution in [3.05, 3.63) is 65.9 Å². The van der Waals surface area contributed by atoms with Gasteiger partial charge in [0.1, 0.15) is 5.75 Å². The number of ether oxygens (including phenoxy) is 1. The number of aromatic amines is 1. The molecule has 1 fully saturated rings. The second-order valence-corrected chi connectivity index (χ2v) is 6.35. The minimum atomic E-state index is -0.363. The highest BCUT2D eigenvalue weighted by molar-refractivity contribution is 5.91. The van der Waals surface area contributed by atoms with E-state index in [0.29, 0.717) is 6.54 Å². The van der Waals surface area contributed by atoms with Gasteiger partial charge in [0.2, 0.25) is 5.91 Å². The molecule has 2 N–H and O–H groups in total. The smallest absolute Gasteiger partial charge is 0.230 e. The van der Waals surface area contributed by atoms with Gasteiger partial charge in [-0.15, -0.1) is 0 Å². The van der Waals surface area contributed by atoms with Crippen molar-refractivity contribution in [2.24, 2.45) is 0 Å². The summed E-state index contributed by atoms with van der Waals surface area (Å²) in [5, 5.41) is 4.29. The van der Waals surface area contributed by atoms with Crippen LogP contribution in [0.1, 0.15) is 24.0 Å². The van der Waals surface area contributed by atoms with Gasteiger partial charge in [-0.2, -0.15) is 0 Å². The monoisotopic (exact) mass is 320 g/mol. The molecule has 0 saturated heterocycles. The van der Waals surface area contributed by atoms with E-state index in [2.05, 4.69) is 16.4 Å². The summed E-state index contributed by atoms with van der Waals surface area (Å²) >= 11 is 0. The van der Waals surface area contributed by atoms with Gasteiger partial charge < -0.3 is 15.0 Å². The summed E-state index contributed by atoms with van der Waals surface area (Å²) in [6, 6.07) is 16.0. The van der Waals surface area contributed by atoms with E-state index in [1.165, 1.54) is 0 Å². The Morgan fingerprint density at radius 2 is 1.96 bits per heavy atom. The van der Waals surface area contributed by atoms with Crippen molar-refractivity contribution in [2.75, 3.05) is 7.11 Å². The molecule has 2 aromatic carbocycles. The minimum absolute atomic E-state index is 0.111. The number of carbonyl (C=O) groups is 1. The van der Waals surface area contributed by atoms with Crippen LogP contribution in [0, 0.1) is 0 Å². The summed E-state index contributed by atoms with van der Waals surface area (Å²) in [5.41, 5.74) is 2.93. The predicted octanol–water partition coefficient (Wildman–Crippen LogP) is 3.52. The molecule has 4 heteroatoms. The number of benzene rings is 2. The molecule has 3 aromatic rings. The average Bonchev–Trinajstić information content (AvgIpc) is 3.30. The maximum absolute atomic E-state index is 12.8. The maximum atomic E-state index is 12.8. The molecule has 122 valence electrons. The molecule has 24 heavy (non-hydrogen) atoms. The van der Waals surface area contributed by atoms with Gasteiger partial charge in [0.25, 0.3) is 0 Å². The highest BCUT2D eigenvalue weighted by Crippen LogP contribution is 2.48. The molecule has 0 unspecified atom stereocenters. The molecule has 1 amide bonds. The summed E-state index contributed by atoms with van der Waals surface area (Å²) in [7, 11) is 1.65. The molecule has 1 aliphatic carbocycles. The number of nitrogens with one attached hydrogen (secondary N) is 2. The van der Waals surface area contributed by atoms with Crippen LogP contribution in [-0.4, -0.2) is 18.0 Å². The van der Waals surface area contributed by atoms with Gasteiger partial charge in [-0.05, 0) is 48.2 Å². The molecule has 4 rings (SSSR count). The second kappa shape index (κ2) is 5.71. The van der Waals surface area contributed by atoms with Crippen LogP contribution in [0.4, 0.5) is 0 Å². The predicted molar refractivity (Wildman–Crippen MR) is 94.1 cm³/mol. The molecule has 1 aliphatic rings. The fraction of sp³-hybridized carbons (Fsp3) is 0.250. The molecule has 0 spiro atoms. The number of hydrogen-bond donors (Lipinski definition) is 2. The van der Waals surface area contributed by atoms with E-state index in [-0.39, 0.29) is 11.3 Å². The quantitative estimate of drug-likeness (QED) is 0.755. The topological polar surface area (TPSA) is 54.1 Å². The van der Waals surface area contributed by atoms with Crippen molar-refractivity contribution < 1.29 is 9.53 Å². The number of H-pyrrole nitrogens is 1. The SMILES string of the molecule is COc1ccc(C2(C(=O)NCc3cccc4[nH]ccc34)CC2)cc1. The summed E-state index contributed by atoms with van der Waals surface area (Å²) in [6.07, 6.45) is 3.73. The molecule has 4 nitrogen and oxygen atoms in total. The van der Waals surface area contributed by atoms with Crippen molar-refractivity contribution >= 4 is 16.8 Å². The van der Waals surface area contributed by atoms with Crippen LogP contribution < -0.4 is 10.1 Å². The van der Waals surface area contributed by atoms with Crippen LogP contribution in [-0.2, 0) is 16.8 Å². The molecule has 1 heterocycles. The lowest BCUT2D eigenvalue weighted by Crippen LogP contribution is -2.34. The molecular weight excluding hydrogens is 300 g/mol. The zero-order valence-electron chi connectivity index (χ0n) is 13.6. The molecule has 0 aliphatic heterocycles. The first-order valence-corrected chi connectivity index (χ1v) is 8.21. The summed E-state index contributed by atoms with van der Waals surface area (Å²) < 4.78 is 5.20. The number of carbonyl (C=O) groups excluding carboxylic acids is 1. The summed E-state index contributed by atoms with van der Waals surface area (Å²) in [5.74, 6) is 0.925. The van der Waals surface area contributed by atoms with Gasteiger partial charge in [-0.1, -0.05) is 24.3 Å². The second-order valence-electron chi connectivity index (χ2n) is 6.35. The van der Waals surface area contributed by atoms with Crippen molar-refractivity contribution in [3.8, 4) is 5.75 Å². The number of amides is 1. The van der Waals surface area contributed by atoms with Crippen LogP contribution >= 0.6 is 0 Å². The summed E-state index contributed by atoms with van der Waals surface area (Å²) in [6.45, 7) is 0.548. The first-order chi connectivity index (χ1) is 11.7. The van der Waals surface area contributed by atoms with Crippen molar-refractivity contribution in [1.82, 2.24) is 10.3 Å². The molecule has 0 bridgehead atoms. The van der Waals surface area contributed by atoms with Gasteiger partial charge in [-0.25, -0.2) is 0 Å². The van der Waals surface area contributed by atoms with E-state index in [1.807, 2.05) is 48.7 Å². The first-order valence-electron chi connectivity index (χ1n) is 8.21. The largest absolute Gasteiger partial charge is 0.497 e. The average molecular weight is 320 g/mol. The number of rotatable bonds is 5. The van der Waals surface area contributed by atoms with Crippen LogP contribution in [0.3, 0.4) is 0 Å². The highest BCUT2D eigenvalue weighted by atomic mass is 16.5. The lowest BCUT2D eigenvalue weighted by molar-refractivity contribution is -0.123. The van der Waals surface area contributed by atoms with E-state index >= 15 is 0 Å². The van der Waals surface area contributed by atoms with E-state index in [4.69, 9.17) is 4.74 Å². The number of methoxy groups -OCH3 is 1. The maximum Gasteiger partial charge on any atom is 0.230 e. The van der Waals surface area contributed by atoms with E-state index in [0.717, 1.165) is 40.6 Å². The van der Waals surface area contributed by atoms with E-state index in [9.17, 15) is 4.79 Å². The van der Waals surface area contributed by atoms with Crippen LogP contribution in [0.2, 0.25) is 0 Å². The third-order valence-corrected chi connectivity index (χ3v) is 4.95. The molecular formula is C20H20N2O2. The fourth-order valence-electron chi connectivity index (χ4n) is 3.33.